The molecule has 0 aromatic carbocycles. The summed E-state index contributed by atoms with van der Waals surface area (Å²) in [4.78, 5) is 0. The fourth-order valence-electron chi connectivity index (χ4n) is 3.17. The summed E-state index contributed by atoms with van der Waals surface area (Å²) in [5.41, 5.74) is 0.795. The van der Waals surface area contributed by atoms with Crippen LogP contribution in [0, 0.1) is 5.92 Å². The molecule has 2 aliphatic heterocycles. The van der Waals surface area contributed by atoms with Gasteiger partial charge in [0.05, 0.1) is 17.8 Å². The molecule has 0 aliphatic carbocycles. The van der Waals surface area contributed by atoms with Gasteiger partial charge in [0.2, 0.25) is 0 Å². The Morgan fingerprint density at radius 3 is 2.75 bits per heavy atom. The zero-order valence-corrected chi connectivity index (χ0v) is 10.6. The van der Waals surface area contributed by atoms with Crippen LogP contribution in [0.5, 0.6) is 0 Å². The molecule has 90 valence electrons. The number of hydrogen-bond acceptors (Lipinski definition) is 2. The van der Waals surface area contributed by atoms with E-state index in [9.17, 15) is 0 Å². The van der Waals surface area contributed by atoms with Crippen LogP contribution in [0.2, 0.25) is 0 Å². The van der Waals surface area contributed by atoms with Crippen LogP contribution < -0.4 is 0 Å². The smallest absolute Gasteiger partial charge is 0.110 e. The molecule has 0 N–H and O–H groups in total. The van der Waals surface area contributed by atoms with E-state index in [0.29, 0.717) is 12.5 Å². The summed E-state index contributed by atoms with van der Waals surface area (Å²) in [5, 5.41) is 0. The second-order valence-corrected chi connectivity index (χ2v) is 5.49. The summed E-state index contributed by atoms with van der Waals surface area (Å²) in [6.07, 6.45) is 3.95. The van der Waals surface area contributed by atoms with Gasteiger partial charge in [-0.15, -0.1) is 6.58 Å². The Balaban J connectivity index is 2.25. The minimum absolute atomic E-state index is 0.0293. The van der Waals surface area contributed by atoms with Crippen molar-refractivity contribution in [3.63, 3.8) is 0 Å². The molecule has 2 saturated heterocycles. The third-order valence-corrected chi connectivity index (χ3v) is 4.14. The predicted octanol–water partition coefficient (Wildman–Crippen LogP) is 3.09. The SMILES string of the molecule is C=CCO[C@@H]1C(=C)[C@@]2(C(C)C)CC[C@]1(C)O2. The van der Waals surface area contributed by atoms with Gasteiger partial charge in [-0.3, -0.25) is 0 Å². The second-order valence-electron chi connectivity index (χ2n) is 5.49. The Bertz CT molecular complexity index is 321. The maximum Gasteiger partial charge on any atom is 0.110 e. The van der Waals surface area contributed by atoms with E-state index in [4.69, 9.17) is 9.47 Å². The lowest BCUT2D eigenvalue weighted by molar-refractivity contribution is -0.0894. The fourth-order valence-corrected chi connectivity index (χ4v) is 3.17. The maximum absolute atomic E-state index is 6.27. The lowest BCUT2D eigenvalue weighted by Crippen LogP contribution is -2.40. The molecule has 2 fully saturated rings. The first-order valence-corrected chi connectivity index (χ1v) is 6.08. The zero-order valence-electron chi connectivity index (χ0n) is 10.6. The minimum atomic E-state index is -0.176. The van der Waals surface area contributed by atoms with Gasteiger partial charge in [0.25, 0.3) is 0 Å². The highest BCUT2D eigenvalue weighted by molar-refractivity contribution is 5.33. The number of ether oxygens (including phenoxy) is 2. The Hall–Kier alpha value is -0.600. The Kier molecular flexibility index (Phi) is 2.75. The highest BCUT2D eigenvalue weighted by atomic mass is 16.6. The van der Waals surface area contributed by atoms with E-state index >= 15 is 0 Å². The number of fused-ring (bicyclic) bond motifs is 2. The van der Waals surface area contributed by atoms with Crippen LogP contribution in [0.3, 0.4) is 0 Å². The summed E-state index contributed by atoms with van der Waals surface area (Å²) in [7, 11) is 0. The molecule has 2 aliphatic rings. The van der Waals surface area contributed by atoms with E-state index in [2.05, 4.69) is 33.9 Å². The van der Waals surface area contributed by atoms with E-state index < -0.39 is 0 Å². The Labute approximate surface area is 98.3 Å². The highest BCUT2D eigenvalue weighted by Gasteiger charge is 2.63. The van der Waals surface area contributed by atoms with Crippen molar-refractivity contribution in [2.24, 2.45) is 5.92 Å². The third kappa shape index (κ3) is 1.40. The van der Waals surface area contributed by atoms with Crippen molar-refractivity contribution in [2.75, 3.05) is 6.61 Å². The summed E-state index contributed by atoms with van der Waals surface area (Å²) in [6, 6.07) is 0. The number of hydrogen-bond donors (Lipinski definition) is 0. The van der Waals surface area contributed by atoms with Gasteiger partial charge >= 0.3 is 0 Å². The van der Waals surface area contributed by atoms with Crippen molar-refractivity contribution >= 4 is 0 Å². The second kappa shape index (κ2) is 3.71. The normalized spacial score (nSPS) is 42.0. The van der Waals surface area contributed by atoms with Crippen molar-refractivity contribution < 1.29 is 9.47 Å². The largest absolute Gasteiger partial charge is 0.367 e. The van der Waals surface area contributed by atoms with Gasteiger partial charge in [-0.25, -0.2) is 0 Å². The molecule has 0 spiro atoms. The summed E-state index contributed by atoms with van der Waals surface area (Å²) in [5.74, 6) is 0.458. The van der Waals surface area contributed by atoms with E-state index in [0.717, 1.165) is 18.4 Å². The van der Waals surface area contributed by atoms with Crippen LogP contribution in [-0.2, 0) is 9.47 Å². The van der Waals surface area contributed by atoms with Gasteiger partial charge in [0.15, 0.2) is 0 Å². The van der Waals surface area contributed by atoms with Gasteiger partial charge in [0, 0.05) is 0 Å². The molecule has 3 atom stereocenters. The maximum atomic E-state index is 6.27. The van der Waals surface area contributed by atoms with Crippen LogP contribution in [0.25, 0.3) is 0 Å². The molecule has 2 rings (SSSR count). The molecule has 0 aromatic heterocycles. The third-order valence-electron chi connectivity index (χ3n) is 4.14. The zero-order chi connectivity index (χ0) is 12.0. The topological polar surface area (TPSA) is 18.5 Å². The molecule has 0 unspecified atom stereocenters. The van der Waals surface area contributed by atoms with Crippen molar-refractivity contribution in [1.82, 2.24) is 0 Å². The van der Waals surface area contributed by atoms with Gasteiger partial charge in [-0.05, 0) is 31.3 Å². The molecule has 2 bridgehead atoms. The summed E-state index contributed by atoms with van der Waals surface area (Å²) >= 11 is 0. The summed E-state index contributed by atoms with van der Waals surface area (Å²) < 4.78 is 12.1. The lowest BCUT2D eigenvalue weighted by Gasteiger charge is -2.34. The first-order chi connectivity index (χ1) is 7.46. The molecule has 2 heteroatoms. The fraction of sp³-hybridized carbons (Fsp3) is 0.714. The molecule has 0 aromatic rings. The van der Waals surface area contributed by atoms with Crippen molar-refractivity contribution in [1.29, 1.82) is 0 Å². The predicted molar refractivity (Wildman–Crippen MR) is 65.4 cm³/mol. The van der Waals surface area contributed by atoms with Crippen LogP contribution in [0.1, 0.15) is 33.6 Å². The molecule has 16 heavy (non-hydrogen) atoms. The highest BCUT2D eigenvalue weighted by Crippen LogP contribution is 2.57. The van der Waals surface area contributed by atoms with E-state index in [1.54, 1.807) is 6.08 Å². The average molecular weight is 222 g/mol. The van der Waals surface area contributed by atoms with Gasteiger partial charge in [-0.1, -0.05) is 26.5 Å². The number of rotatable bonds is 4. The Morgan fingerprint density at radius 2 is 2.25 bits per heavy atom. The molecule has 2 heterocycles. The van der Waals surface area contributed by atoms with Crippen LogP contribution >= 0.6 is 0 Å². The van der Waals surface area contributed by atoms with Crippen LogP contribution in [-0.4, -0.2) is 23.9 Å². The van der Waals surface area contributed by atoms with E-state index in [-0.39, 0.29) is 17.3 Å². The molecule has 0 saturated carbocycles. The Morgan fingerprint density at radius 1 is 1.56 bits per heavy atom. The first kappa shape index (κ1) is 11.9. The quantitative estimate of drug-likeness (QED) is 0.680. The van der Waals surface area contributed by atoms with Gasteiger partial charge < -0.3 is 9.47 Å². The van der Waals surface area contributed by atoms with E-state index in [1.165, 1.54) is 0 Å². The minimum Gasteiger partial charge on any atom is -0.367 e. The van der Waals surface area contributed by atoms with Gasteiger partial charge in [0.1, 0.15) is 6.10 Å². The van der Waals surface area contributed by atoms with Gasteiger partial charge in [-0.2, -0.15) is 0 Å². The lowest BCUT2D eigenvalue weighted by atomic mass is 9.72. The van der Waals surface area contributed by atoms with Crippen molar-refractivity contribution in [3.8, 4) is 0 Å². The average Bonchev–Trinajstić information content (AvgIpc) is 2.67. The molecule has 2 nitrogen and oxygen atoms in total. The van der Waals surface area contributed by atoms with Crippen LogP contribution in [0.15, 0.2) is 24.8 Å². The monoisotopic (exact) mass is 222 g/mol. The molecule has 0 amide bonds. The van der Waals surface area contributed by atoms with Crippen molar-refractivity contribution in [3.05, 3.63) is 24.8 Å². The van der Waals surface area contributed by atoms with Crippen molar-refractivity contribution in [2.45, 2.75) is 50.9 Å². The first-order valence-electron chi connectivity index (χ1n) is 6.08. The molecular weight excluding hydrogens is 200 g/mol. The summed E-state index contributed by atoms with van der Waals surface area (Å²) in [6.45, 7) is 15.0. The molecule has 0 radical (unpaired) electrons. The van der Waals surface area contributed by atoms with E-state index in [1.807, 2.05) is 0 Å². The standard InChI is InChI=1S/C14H22O2/c1-6-9-15-12-11(4)14(10(2)3)8-7-13(12,5)16-14/h6,10,12H,1,4,7-9H2,2-3,5H3/t12-,13+,14+/m1/s1. The molecular formula is C14H22O2. The van der Waals surface area contributed by atoms with Crippen LogP contribution in [0.4, 0.5) is 0 Å².